The monoisotopic (exact) mass is 537 g/mol. The lowest BCUT2D eigenvalue weighted by Crippen LogP contribution is -2.47. The molecule has 0 saturated carbocycles. The zero-order valence-electron chi connectivity index (χ0n) is 18.0. The molecule has 7 nitrogen and oxygen atoms in total. The fourth-order valence-corrected chi connectivity index (χ4v) is 3.67. The summed E-state index contributed by atoms with van der Waals surface area (Å²) < 4.78 is 5.87. The molecule has 0 radical (unpaired) electrons. The van der Waals surface area contributed by atoms with Gasteiger partial charge in [0.15, 0.2) is 5.96 Å². The summed E-state index contributed by atoms with van der Waals surface area (Å²) in [5.41, 5.74) is 7.37. The standard InChI is InChI=1S/C23H31N5O2.HI/c1-2-25-23(28-12-6-8-19(16-28)14-22(24)29)27-15-18-7-5-10-21(13-18)30-17-20-9-3-4-11-26-20;/h3-5,7,9-11,13,19H,2,6,8,12,14-17H2,1H3,(H2,24,29)(H,25,27);1H. The number of benzene rings is 1. The zero-order valence-corrected chi connectivity index (χ0v) is 20.3. The second kappa shape index (κ2) is 13.1. The smallest absolute Gasteiger partial charge is 0.217 e. The third-order valence-corrected chi connectivity index (χ3v) is 5.07. The van der Waals surface area contributed by atoms with Crippen LogP contribution in [0.15, 0.2) is 53.7 Å². The molecule has 1 aliphatic rings. The highest BCUT2D eigenvalue weighted by Gasteiger charge is 2.23. The number of rotatable bonds is 8. The van der Waals surface area contributed by atoms with Crippen molar-refractivity contribution < 1.29 is 9.53 Å². The maximum Gasteiger partial charge on any atom is 0.217 e. The topological polar surface area (TPSA) is 92.8 Å². The lowest BCUT2D eigenvalue weighted by molar-refractivity contribution is -0.119. The van der Waals surface area contributed by atoms with Gasteiger partial charge >= 0.3 is 0 Å². The van der Waals surface area contributed by atoms with Crippen molar-refractivity contribution in [1.82, 2.24) is 15.2 Å². The van der Waals surface area contributed by atoms with Crippen LogP contribution in [0.25, 0.3) is 0 Å². The average molecular weight is 537 g/mol. The third-order valence-electron chi connectivity index (χ3n) is 5.07. The molecule has 31 heavy (non-hydrogen) atoms. The summed E-state index contributed by atoms with van der Waals surface area (Å²) in [7, 11) is 0. The van der Waals surface area contributed by atoms with Crippen molar-refractivity contribution in [2.24, 2.45) is 16.6 Å². The van der Waals surface area contributed by atoms with E-state index in [4.69, 9.17) is 15.5 Å². The van der Waals surface area contributed by atoms with Crippen LogP contribution in [0.3, 0.4) is 0 Å². The third kappa shape index (κ3) is 8.35. The van der Waals surface area contributed by atoms with Crippen LogP contribution in [-0.4, -0.2) is 41.4 Å². The minimum absolute atomic E-state index is 0. The number of guanidine groups is 1. The molecule has 1 saturated heterocycles. The number of primary amides is 1. The largest absolute Gasteiger partial charge is 0.487 e. The first-order valence-corrected chi connectivity index (χ1v) is 10.6. The number of carbonyl (C=O) groups excluding carboxylic acids is 1. The predicted molar refractivity (Wildman–Crippen MR) is 133 cm³/mol. The van der Waals surface area contributed by atoms with Crippen LogP contribution in [0.1, 0.15) is 37.4 Å². The Labute approximate surface area is 201 Å². The SMILES string of the molecule is CCNC(=NCc1cccc(OCc2ccccn2)c1)N1CCCC(CC(N)=O)C1.I. The molecule has 1 amide bonds. The first-order valence-electron chi connectivity index (χ1n) is 10.6. The van der Waals surface area contributed by atoms with Crippen LogP contribution in [0.5, 0.6) is 5.75 Å². The van der Waals surface area contributed by atoms with E-state index >= 15 is 0 Å². The molecule has 0 aliphatic carbocycles. The Morgan fingerprint density at radius 3 is 2.94 bits per heavy atom. The summed E-state index contributed by atoms with van der Waals surface area (Å²) in [5.74, 6) is 1.75. The number of carbonyl (C=O) groups is 1. The van der Waals surface area contributed by atoms with E-state index in [9.17, 15) is 4.79 Å². The highest BCUT2D eigenvalue weighted by atomic mass is 127. The van der Waals surface area contributed by atoms with Crippen molar-refractivity contribution in [2.45, 2.75) is 39.3 Å². The molecule has 2 aromatic rings. The Morgan fingerprint density at radius 1 is 1.32 bits per heavy atom. The lowest BCUT2D eigenvalue weighted by atomic mass is 9.95. The van der Waals surface area contributed by atoms with Gasteiger partial charge in [-0.2, -0.15) is 0 Å². The van der Waals surface area contributed by atoms with E-state index in [1.165, 1.54) is 0 Å². The van der Waals surface area contributed by atoms with Crippen molar-refractivity contribution in [1.29, 1.82) is 0 Å². The van der Waals surface area contributed by atoms with Gasteiger partial charge in [-0.3, -0.25) is 9.78 Å². The summed E-state index contributed by atoms with van der Waals surface area (Å²) in [6.07, 6.45) is 4.28. The fourth-order valence-electron chi connectivity index (χ4n) is 3.67. The highest BCUT2D eigenvalue weighted by molar-refractivity contribution is 14.0. The van der Waals surface area contributed by atoms with Crippen LogP contribution in [0.2, 0.25) is 0 Å². The average Bonchev–Trinajstić information content (AvgIpc) is 2.76. The summed E-state index contributed by atoms with van der Waals surface area (Å²) in [4.78, 5) is 22.6. The summed E-state index contributed by atoms with van der Waals surface area (Å²) in [6, 6.07) is 13.8. The zero-order chi connectivity index (χ0) is 21.2. The Kier molecular flexibility index (Phi) is 10.6. The Hall–Kier alpha value is -2.36. The molecular formula is C23H32IN5O2. The van der Waals surface area contributed by atoms with Gasteiger partial charge in [-0.1, -0.05) is 18.2 Å². The van der Waals surface area contributed by atoms with Gasteiger partial charge in [0.1, 0.15) is 12.4 Å². The number of nitrogens with two attached hydrogens (primary N) is 1. The van der Waals surface area contributed by atoms with Gasteiger partial charge in [-0.05, 0) is 55.5 Å². The van der Waals surface area contributed by atoms with E-state index in [2.05, 4.69) is 22.1 Å². The van der Waals surface area contributed by atoms with Gasteiger partial charge in [0.2, 0.25) is 5.91 Å². The van der Waals surface area contributed by atoms with Crippen molar-refractivity contribution in [3.8, 4) is 5.75 Å². The molecule has 1 atom stereocenters. The molecule has 1 aliphatic heterocycles. The molecule has 168 valence electrons. The predicted octanol–water partition coefficient (Wildman–Crippen LogP) is 3.33. The molecule has 3 N–H and O–H groups in total. The van der Waals surface area contributed by atoms with E-state index in [0.717, 1.165) is 55.4 Å². The number of aliphatic imine (C=N–C) groups is 1. The minimum atomic E-state index is -0.230. The number of hydrogen-bond donors (Lipinski definition) is 2. The highest BCUT2D eigenvalue weighted by Crippen LogP contribution is 2.20. The summed E-state index contributed by atoms with van der Waals surface area (Å²) in [6.45, 7) is 5.59. The fraction of sp³-hybridized carbons (Fsp3) is 0.435. The van der Waals surface area contributed by atoms with Gasteiger partial charge in [0.25, 0.3) is 0 Å². The summed E-state index contributed by atoms with van der Waals surface area (Å²) >= 11 is 0. The molecule has 0 spiro atoms. The van der Waals surface area contributed by atoms with E-state index < -0.39 is 0 Å². The molecule has 0 bridgehead atoms. The molecule has 1 aromatic carbocycles. The molecule has 1 unspecified atom stereocenters. The molecule has 3 rings (SSSR count). The maximum atomic E-state index is 11.3. The second-order valence-corrected chi connectivity index (χ2v) is 7.55. The number of nitrogens with zero attached hydrogens (tertiary/aromatic N) is 3. The Balaban J connectivity index is 0.00000341. The number of nitrogens with one attached hydrogen (secondary N) is 1. The van der Waals surface area contributed by atoms with Crippen molar-refractivity contribution >= 4 is 35.8 Å². The Bertz CT molecular complexity index is 847. The van der Waals surface area contributed by atoms with Gasteiger partial charge in [-0.15, -0.1) is 24.0 Å². The van der Waals surface area contributed by atoms with Crippen LogP contribution in [0.4, 0.5) is 0 Å². The number of ether oxygens (including phenoxy) is 1. The number of piperidine rings is 1. The number of likely N-dealkylation sites (tertiary alicyclic amines) is 1. The number of aromatic nitrogens is 1. The maximum absolute atomic E-state index is 11.3. The normalized spacial score (nSPS) is 16.4. The number of pyridine rings is 1. The van der Waals surface area contributed by atoms with Gasteiger partial charge in [0.05, 0.1) is 12.2 Å². The summed E-state index contributed by atoms with van der Waals surface area (Å²) in [5, 5.41) is 3.38. The van der Waals surface area contributed by atoms with Crippen LogP contribution in [-0.2, 0) is 17.9 Å². The van der Waals surface area contributed by atoms with Gasteiger partial charge < -0.3 is 20.7 Å². The van der Waals surface area contributed by atoms with Crippen molar-refractivity contribution in [3.63, 3.8) is 0 Å². The first-order chi connectivity index (χ1) is 14.6. The lowest BCUT2D eigenvalue weighted by Gasteiger charge is -2.34. The first kappa shape index (κ1) is 24.9. The van der Waals surface area contributed by atoms with Crippen LogP contribution < -0.4 is 15.8 Å². The number of hydrogen-bond acceptors (Lipinski definition) is 4. The Morgan fingerprint density at radius 2 is 2.19 bits per heavy atom. The number of amides is 1. The minimum Gasteiger partial charge on any atom is -0.487 e. The molecule has 1 aromatic heterocycles. The van der Waals surface area contributed by atoms with Gasteiger partial charge in [0, 0.05) is 32.3 Å². The molecule has 1 fully saturated rings. The molecule has 2 heterocycles. The second-order valence-electron chi connectivity index (χ2n) is 7.55. The molecule has 8 heteroatoms. The van der Waals surface area contributed by atoms with Crippen molar-refractivity contribution in [3.05, 3.63) is 59.9 Å². The van der Waals surface area contributed by atoms with E-state index in [1.807, 2.05) is 42.5 Å². The van der Waals surface area contributed by atoms with Crippen molar-refractivity contribution in [2.75, 3.05) is 19.6 Å². The van der Waals surface area contributed by atoms with Crippen LogP contribution in [0, 0.1) is 5.92 Å². The van der Waals surface area contributed by atoms with Gasteiger partial charge in [-0.25, -0.2) is 4.99 Å². The van der Waals surface area contributed by atoms with E-state index in [-0.39, 0.29) is 29.9 Å². The molecular weight excluding hydrogens is 505 g/mol. The van der Waals surface area contributed by atoms with E-state index in [1.54, 1.807) is 6.20 Å². The number of halogens is 1. The van der Waals surface area contributed by atoms with E-state index in [0.29, 0.717) is 25.5 Å². The van der Waals surface area contributed by atoms with Crippen LogP contribution >= 0.6 is 24.0 Å². The quantitative estimate of drug-likeness (QED) is 0.306.